The summed E-state index contributed by atoms with van der Waals surface area (Å²) in [4.78, 5) is 6.94. The number of aromatic nitrogens is 1. The molecule has 1 aromatic carbocycles. The van der Waals surface area contributed by atoms with Crippen LogP contribution < -0.4 is 0 Å². The van der Waals surface area contributed by atoms with Crippen molar-refractivity contribution in [1.29, 1.82) is 0 Å². The van der Waals surface area contributed by atoms with Crippen LogP contribution in [0.2, 0.25) is 5.02 Å². The lowest BCUT2D eigenvalue weighted by atomic mass is 9.86. The Labute approximate surface area is 136 Å². The van der Waals surface area contributed by atoms with E-state index in [2.05, 4.69) is 23.0 Å². The van der Waals surface area contributed by atoms with Crippen molar-refractivity contribution in [3.8, 4) is 0 Å². The molecule has 0 atom stereocenters. The summed E-state index contributed by atoms with van der Waals surface area (Å²) in [6, 6.07) is 8.61. The second-order valence-electron chi connectivity index (χ2n) is 6.38. The molecule has 0 aliphatic heterocycles. The molecular weight excluding hydrogens is 296 g/mol. The second-order valence-corrected chi connectivity index (χ2v) is 6.79. The van der Waals surface area contributed by atoms with Crippen LogP contribution in [0.4, 0.5) is 0 Å². The van der Waals surface area contributed by atoms with Gasteiger partial charge in [-0.25, -0.2) is 0 Å². The van der Waals surface area contributed by atoms with Gasteiger partial charge in [-0.2, -0.15) is 0 Å². The minimum Gasteiger partial charge on any atom is -0.396 e. The molecule has 0 saturated heterocycles. The van der Waals surface area contributed by atoms with Crippen molar-refractivity contribution in [2.45, 2.75) is 38.3 Å². The lowest BCUT2D eigenvalue weighted by molar-refractivity contribution is 0.124. The van der Waals surface area contributed by atoms with Crippen molar-refractivity contribution in [2.24, 2.45) is 5.92 Å². The van der Waals surface area contributed by atoms with Gasteiger partial charge in [0.15, 0.2) is 0 Å². The van der Waals surface area contributed by atoms with Crippen LogP contribution in [0.5, 0.6) is 0 Å². The average molecular weight is 319 g/mol. The van der Waals surface area contributed by atoms with E-state index in [1.54, 1.807) is 0 Å². The van der Waals surface area contributed by atoms with Crippen LogP contribution >= 0.6 is 11.6 Å². The highest BCUT2D eigenvalue weighted by atomic mass is 35.5. The Bertz CT molecular complexity index is 638. The van der Waals surface area contributed by atoms with Crippen LogP contribution in [0.3, 0.4) is 0 Å². The maximum absolute atomic E-state index is 9.26. The van der Waals surface area contributed by atoms with Gasteiger partial charge in [-0.05, 0) is 62.4 Å². The van der Waals surface area contributed by atoms with Gasteiger partial charge in [-0.1, -0.05) is 17.7 Å². The van der Waals surface area contributed by atoms with E-state index in [-0.39, 0.29) is 0 Å². The van der Waals surface area contributed by atoms with Gasteiger partial charge in [0, 0.05) is 35.8 Å². The van der Waals surface area contributed by atoms with E-state index in [1.807, 2.05) is 24.4 Å². The normalized spacial score (nSPS) is 22.4. The van der Waals surface area contributed by atoms with E-state index in [4.69, 9.17) is 11.6 Å². The van der Waals surface area contributed by atoms with Crippen LogP contribution in [0.15, 0.2) is 30.5 Å². The van der Waals surface area contributed by atoms with Crippen molar-refractivity contribution in [2.75, 3.05) is 13.7 Å². The SMILES string of the molecule is CN(Cc1ccc(Cl)c2cccnc12)C1CCC(CO)CC1. The first-order chi connectivity index (χ1) is 10.7. The Morgan fingerprint density at radius 2 is 2.00 bits per heavy atom. The first-order valence-electron chi connectivity index (χ1n) is 8.02. The van der Waals surface area contributed by atoms with Gasteiger partial charge < -0.3 is 5.11 Å². The van der Waals surface area contributed by atoms with Crippen LogP contribution in [-0.4, -0.2) is 34.7 Å². The van der Waals surface area contributed by atoms with Crippen LogP contribution in [0.25, 0.3) is 10.9 Å². The number of aliphatic hydroxyl groups excluding tert-OH is 1. The first-order valence-corrected chi connectivity index (χ1v) is 8.40. The highest BCUT2D eigenvalue weighted by Gasteiger charge is 2.24. The van der Waals surface area contributed by atoms with Gasteiger partial charge in [0.1, 0.15) is 0 Å². The van der Waals surface area contributed by atoms with Crippen LogP contribution in [-0.2, 0) is 6.54 Å². The lowest BCUT2D eigenvalue weighted by Gasteiger charge is -2.34. The number of hydrogen-bond acceptors (Lipinski definition) is 3. The van der Waals surface area contributed by atoms with Crippen LogP contribution in [0.1, 0.15) is 31.2 Å². The Morgan fingerprint density at radius 3 is 2.73 bits per heavy atom. The van der Waals surface area contributed by atoms with E-state index in [0.29, 0.717) is 18.6 Å². The molecule has 0 bridgehead atoms. The molecule has 22 heavy (non-hydrogen) atoms. The standard InChI is InChI=1S/C18H23ClN2O/c1-21(15-7-4-13(12-22)5-8-15)11-14-6-9-17(19)16-3-2-10-20-18(14)16/h2-3,6,9-10,13,15,22H,4-5,7-8,11-12H2,1H3. The molecule has 1 aliphatic rings. The predicted octanol–water partition coefficient (Wildman–Crippen LogP) is 3.87. The van der Waals surface area contributed by atoms with Crippen molar-refractivity contribution >= 4 is 22.5 Å². The van der Waals surface area contributed by atoms with Gasteiger partial charge in [-0.15, -0.1) is 0 Å². The van der Waals surface area contributed by atoms with Gasteiger partial charge in [0.05, 0.1) is 5.52 Å². The number of pyridine rings is 1. The number of aliphatic hydroxyl groups is 1. The summed E-state index contributed by atoms with van der Waals surface area (Å²) in [6.45, 7) is 1.22. The monoisotopic (exact) mass is 318 g/mol. The fourth-order valence-electron chi connectivity index (χ4n) is 3.49. The third kappa shape index (κ3) is 3.27. The first kappa shape index (κ1) is 15.7. The van der Waals surface area contributed by atoms with E-state index < -0.39 is 0 Å². The smallest absolute Gasteiger partial charge is 0.0761 e. The summed E-state index contributed by atoms with van der Waals surface area (Å²) in [5, 5.41) is 11.0. The molecule has 0 radical (unpaired) electrons. The summed E-state index contributed by atoms with van der Waals surface area (Å²) in [5.74, 6) is 0.502. The van der Waals surface area contributed by atoms with Crippen molar-refractivity contribution in [1.82, 2.24) is 9.88 Å². The molecule has 0 amide bonds. The Morgan fingerprint density at radius 1 is 1.23 bits per heavy atom. The molecule has 1 N–H and O–H groups in total. The van der Waals surface area contributed by atoms with Gasteiger partial charge >= 0.3 is 0 Å². The van der Waals surface area contributed by atoms with Gasteiger partial charge in [-0.3, -0.25) is 9.88 Å². The highest BCUT2D eigenvalue weighted by Crippen LogP contribution is 2.29. The molecule has 1 aromatic heterocycles. The minimum absolute atomic E-state index is 0.335. The maximum Gasteiger partial charge on any atom is 0.0761 e. The topological polar surface area (TPSA) is 36.4 Å². The van der Waals surface area contributed by atoms with Gasteiger partial charge in [0.2, 0.25) is 0 Å². The Balaban J connectivity index is 1.75. The van der Waals surface area contributed by atoms with E-state index in [1.165, 1.54) is 18.4 Å². The fraction of sp³-hybridized carbons (Fsp3) is 0.500. The molecule has 1 heterocycles. The number of rotatable bonds is 4. The molecule has 0 spiro atoms. The summed E-state index contributed by atoms with van der Waals surface area (Å²) >= 11 is 6.27. The lowest BCUT2D eigenvalue weighted by Crippen LogP contribution is -2.35. The highest BCUT2D eigenvalue weighted by molar-refractivity contribution is 6.35. The molecule has 1 fully saturated rings. The number of hydrogen-bond donors (Lipinski definition) is 1. The molecule has 4 heteroatoms. The molecular formula is C18H23ClN2O. The summed E-state index contributed by atoms with van der Waals surface area (Å²) in [5.41, 5.74) is 2.23. The molecule has 118 valence electrons. The molecule has 0 unspecified atom stereocenters. The summed E-state index contributed by atoms with van der Waals surface area (Å²) in [6.07, 6.45) is 6.42. The molecule has 3 rings (SSSR count). The largest absolute Gasteiger partial charge is 0.396 e. The predicted molar refractivity (Wildman–Crippen MR) is 91.1 cm³/mol. The fourth-order valence-corrected chi connectivity index (χ4v) is 3.71. The van der Waals surface area contributed by atoms with E-state index >= 15 is 0 Å². The van der Waals surface area contributed by atoms with E-state index in [9.17, 15) is 5.11 Å². The third-order valence-electron chi connectivity index (χ3n) is 4.92. The number of fused-ring (bicyclic) bond motifs is 1. The average Bonchev–Trinajstić information content (AvgIpc) is 2.57. The number of nitrogens with zero attached hydrogens (tertiary/aromatic N) is 2. The van der Waals surface area contributed by atoms with Crippen molar-refractivity contribution in [3.05, 3.63) is 41.0 Å². The molecule has 1 aliphatic carbocycles. The zero-order valence-corrected chi connectivity index (χ0v) is 13.8. The van der Waals surface area contributed by atoms with Crippen LogP contribution in [0, 0.1) is 5.92 Å². The molecule has 3 nitrogen and oxygen atoms in total. The quantitative estimate of drug-likeness (QED) is 0.929. The maximum atomic E-state index is 9.26. The Hall–Kier alpha value is -1.16. The number of halogens is 1. The summed E-state index contributed by atoms with van der Waals surface area (Å²) in [7, 11) is 2.19. The summed E-state index contributed by atoms with van der Waals surface area (Å²) < 4.78 is 0. The number of benzene rings is 1. The van der Waals surface area contributed by atoms with Gasteiger partial charge in [0.25, 0.3) is 0 Å². The zero-order chi connectivity index (χ0) is 15.5. The molecule has 1 saturated carbocycles. The third-order valence-corrected chi connectivity index (χ3v) is 5.25. The van der Waals surface area contributed by atoms with Crippen molar-refractivity contribution in [3.63, 3.8) is 0 Å². The minimum atomic E-state index is 0.335. The molecule has 2 aromatic rings. The second kappa shape index (κ2) is 6.95. The van der Waals surface area contributed by atoms with E-state index in [0.717, 1.165) is 35.3 Å². The Kier molecular flexibility index (Phi) is 4.97. The van der Waals surface area contributed by atoms with Crippen molar-refractivity contribution < 1.29 is 5.11 Å². The zero-order valence-electron chi connectivity index (χ0n) is 13.0.